The van der Waals surface area contributed by atoms with Gasteiger partial charge in [0.1, 0.15) is 0 Å². The van der Waals surface area contributed by atoms with Gasteiger partial charge < -0.3 is 20.7 Å². The maximum absolute atomic E-state index is 13.0. The van der Waals surface area contributed by atoms with Crippen LogP contribution in [0.5, 0.6) is 0 Å². The first-order valence-corrected chi connectivity index (χ1v) is 9.89. The minimum absolute atomic E-state index is 0.00370. The summed E-state index contributed by atoms with van der Waals surface area (Å²) in [6.07, 6.45) is 3.28. The normalized spacial score (nSPS) is 14.9. The van der Waals surface area contributed by atoms with E-state index >= 15 is 0 Å². The molecule has 0 spiro atoms. The third kappa shape index (κ3) is 4.17. The molecule has 1 aliphatic rings. The van der Waals surface area contributed by atoms with Crippen molar-refractivity contribution >= 4 is 29.4 Å². The van der Waals surface area contributed by atoms with Crippen LogP contribution in [-0.2, 0) is 6.54 Å². The molecule has 0 bridgehead atoms. The highest BCUT2D eigenvalue weighted by Gasteiger charge is 2.25. The molecule has 148 valence electrons. The summed E-state index contributed by atoms with van der Waals surface area (Å²) in [6.45, 7) is 1.96. The van der Waals surface area contributed by atoms with Crippen LogP contribution in [0.3, 0.4) is 0 Å². The average Bonchev–Trinajstić information content (AvgIpc) is 2.78. The Kier molecular flexibility index (Phi) is 5.62. The number of rotatable bonds is 4. The number of amides is 1. The summed E-state index contributed by atoms with van der Waals surface area (Å²) >= 11 is 0. The van der Waals surface area contributed by atoms with Crippen LogP contribution in [0.4, 0.5) is 0 Å². The largest absolute Gasteiger partial charge is 0.490 e. The van der Waals surface area contributed by atoms with Crippen molar-refractivity contribution < 1.29 is 14.8 Å². The lowest BCUT2D eigenvalue weighted by Gasteiger charge is -2.32. The minimum atomic E-state index is -1.58. The van der Waals surface area contributed by atoms with Crippen LogP contribution in [0.15, 0.2) is 54.7 Å². The molecule has 1 aliphatic heterocycles. The molecule has 4 rings (SSSR count). The Morgan fingerprint density at radius 1 is 1.14 bits per heavy atom. The number of carbonyl (C=O) groups is 1. The predicted molar refractivity (Wildman–Crippen MR) is 114 cm³/mol. The molecular formula is C22H24BN3O3. The van der Waals surface area contributed by atoms with Crippen molar-refractivity contribution in [3.8, 4) is 0 Å². The van der Waals surface area contributed by atoms with E-state index < -0.39 is 7.12 Å². The van der Waals surface area contributed by atoms with Crippen molar-refractivity contribution in [3.63, 3.8) is 0 Å². The average molecular weight is 389 g/mol. The number of hydrogen-bond acceptors (Lipinski definition) is 5. The van der Waals surface area contributed by atoms with Crippen molar-refractivity contribution in [2.45, 2.75) is 25.3 Å². The van der Waals surface area contributed by atoms with E-state index in [-0.39, 0.29) is 5.91 Å². The van der Waals surface area contributed by atoms with Crippen LogP contribution in [0.1, 0.15) is 40.2 Å². The number of nitrogens with two attached hydrogens (primary N) is 1. The number of benzene rings is 2. The summed E-state index contributed by atoms with van der Waals surface area (Å²) in [5, 5.41) is 19.4. The molecule has 2 heterocycles. The van der Waals surface area contributed by atoms with Gasteiger partial charge in [0.2, 0.25) is 0 Å². The van der Waals surface area contributed by atoms with Crippen LogP contribution in [0.25, 0.3) is 10.9 Å². The monoisotopic (exact) mass is 389 g/mol. The third-order valence-corrected chi connectivity index (χ3v) is 5.69. The molecule has 7 heteroatoms. The lowest BCUT2D eigenvalue weighted by molar-refractivity contribution is 0.0713. The summed E-state index contributed by atoms with van der Waals surface area (Å²) in [7, 11) is -1.58. The predicted octanol–water partition coefficient (Wildman–Crippen LogP) is 1.39. The molecule has 0 atom stereocenters. The Labute approximate surface area is 170 Å². The number of nitrogens with zero attached hydrogens (tertiary/aromatic N) is 2. The van der Waals surface area contributed by atoms with Gasteiger partial charge in [0.15, 0.2) is 0 Å². The molecule has 0 radical (unpaired) electrons. The van der Waals surface area contributed by atoms with E-state index in [2.05, 4.69) is 23.2 Å². The van der Waals surface area contributed by atoms with Crippen molar-refractivity contribution in [2.24, 2.45) is 5.73 Å². The van der Waals surface area contributed by atoms with Gasteiger partial charge in [-0.2, -0.15) is 0 Å². The first-order chi connectivity index (χ1) is 14.0. The van der Waals surface area contributed by atoms with Gasteiger partial charge in [-0.25, -0.2) is 0 Å². The highest BCUT2D eigenvalue weighted by molar-refractivity contribution is 6.58. The molecule has 1 aromatic heterocycles. The molecule has 29 heavy (non-hydrogen) atoms. The van der Waals surface area contributed by atoms with Gasteiger partial charge in [0.25, 0.3) is 5.91 Å². The van der Waals surface area contributed by atoms with Crippen molar-refractivity contribution in [2.75, 3.05) is 13.1 Å². The summed E-state index contributed by atoms with van der Waals surface area (Å²) in [5.41, 5.74) is 9.80. The van der Waals surface area contributed by atoms with E-state index in [0.29, 0.717) is 42.1 Å². The molecule has 0 aliphatic carbocycles. The first kappa shape index (κ1) is 19.6. The topological polar surface area (TPSA) is 99.7 Å². The van der Waals surface area contributed by atoms with E-state index in [1.54, 1.807) is 24.3 Å². The zero-order chi connectivity index (χ0) is 20.4. The van der Waals surface area contributed by atoms with Crippen LogP contribution < -0.4 is 11.2 Å². The molecule has 0 saturated carbocycles. The number of fused-ring (bicyclic) bond motifs is 1. The molecule has 6 nitrogen and oxygen atoms in total. The number of carbonyl (C=O) groups excluding carboxylic acids is 1. The van der Waals surface area contributed by atoms with Crippen molar-refractivity contribution in [3.05, 3.63) is 71.4 Å². The third-order valence-electron chi connectivity index (χ3n) is 5.69. The smallest absolute Gasteiger partial charge is 0.423 e. The van der Waals surface area contributed by atoms with Crippen LogP contribution in [-0.4, -0.2) is 46.0 Å². The Morgan fingerprint density at radius 3 is 2.66 bits per heavy atom. The van der Waals surface area contributed by atoms with Crippen molar-refractivity contribution in [1.82, 2.24) is 9.88 Å². The van der Waals surface area contributed by atoms with Gasteiger partial charge in [0, 0.05) is 42.2 Å². The van der Waals surface area contributed by atoms with E-state index in [4.69, 9.17) is 5.73 Å². The number of hydrogen-bond donors (Lipinski definition) is 3. The highest BCUT2D eigenvalue weighted by atomic mass is 16.4. The number of pyridine rings is 1. The maximum Gasteiger partial charge on any atom is 0.490 e. The highest BCUT2D eigenvalue weighted by Crippen LogP contribution is 2.29. The molecule has 3 aromatic rings. The Hall–Kier alpha value is -2.74. The van der Waals surface area contributed by atoms with Gasteiger partial charge in [-0.3, -0.25) is 9.78 Å². The number of likely N-dealkylation sites (tertiary alicyclic amines) is 1. The van der Waals surface area contributed by atoms with E-state index in [0.717, 1.165) is 23.8 Å². The second-order valence-corrected chi connectivity index (χ2v) is 7.57. The van der Waals surface area contributed by atoms with Crippen LogP contribution in [0.2, 0.25) is 0 Å². The molecule has 1 fully saturated rings. The second-order valence-electron chi connectivity index (χ2n) is 7.57. The zero-order valence-corrected chi connectivity index (χ0v) is 16.2. The van der Waals surface area contributed by atoms with Gasteiger partial charge in [0.05, 0.1) is 5.52 Å². The molecular weight excluding hydrogens is 365 g/mol. The van der Waals surface area contributed by atoms with Gasteiger partial charge in [-0.1, -0.05) is 30.3 Å². The minimum Gasteiger partial charge on any atom is -0.423 e. The number of aromatic nitrogens is 1. The summed E-state index contributed by atoms with van der Waals surface area (Å²) < 4.78 is 0. The SMILES string of the molecule is NCc1cccc(C2CCN(C(=O)c3ccc4ncc(B(O)O)cc4c3)CC2)c1. The lowest BCUT2D eigenvalue weighted by Crippen LogP contribution is -2.38. The van der Waals surface area contributed by atoms with Crippen LogP contribution in [0, 0.1) is 0 Å². The summed E-state index contributed by atoms with van der Waals surface area (Å²) in [6, 6.07) is 15.4. The number of piperidine rings is 1. The Balaban J connectivity index is 1.47. The Bertz CT molecular complexity index is 1030. The molecule has 4 N–H and O–H groups in total. The molecule has 1 amide bonds. The van der Waals surface area contributed by atoms with Gasteiger partial charge >= 0.3 is 7.12 Å². The maximum atomic E-state index is 13.0. The van der Waals surface area contributed by atoms with Gasteiger partial charge in [-0.05, 0) is 48.1 Å². The fraction of sp³-hybridized carbons (Fsp3) is 0.273. The quantitative estimate of drug-likeness (QED) is 0.586. The van der Waals surface area contributed by atoms with E-state index in [1.807, 2.05) is 11.0 Å². The fourth-order valence-corrected chi connectivity index (χ4v) is 4.00. The van der Waals surface area contributed by atoms with Crippen LogP contribution >= 0.6 is 0 Å². The fourth-order valence-electron chi connectivity index (χ4n) is 4.00. The Morgan fingerprint density at radius 2 is 1.93 bits per heavy atom. The van der Waals surface area contributed by atoms with E-state index in [1.165, 1.54) is 11.8 Å². The molecule has 2 aromatic carbocycles. The van der Waals surface area contributed by atoms with Crippen molar-refractivity contribution in [1.29, 1.82) is 0 Å². The van der Waals surface area contributed by atoms with Gasteiger partial charge in [-0.15, -0.1) is 0 Å². The molecule has 0 unspecified atom stereocenters. The van der Waals surface area contributed by atoms with E-state index in [9.17, 15) is 14.8 Å². The first-order valence-electron chi connectivity index (χ1n) is 9.89. The zero-order valence-electron chi connectivity index (χ0n) is 16.2. The molecule has 1 saturated heterocycles. The lowest BCUT2D eigenvalue weighted by atomic mass is 9.81. The standard InChI is InChI=1S/C22H24BN3O3/c24-13-15-2-1-3-17(10-15)16-6-8-26(9-7-16)22(27)18-4-5-21-19(11-18)12-20(14-25-21)23(28)29/h1-5,10-12,14,16,28-29H,6-9,13,24H2. The second kappa shape index (κ2) is 8.33. The summed E-state index contributed by atoms with van der Waals surface area (Å²) in [5.74, 6) is 0.441. The summed E-state index contributed by atoms with van der Waals surface area (Å²) in [4.78, 5) is 19.1.